The van der Waals surface area contributed by atoms with Gasteiger partial charge in [0.2, 0.25) is 0 Å². The molecule has 0 saturated carbocycles. The van der Waals surface area contributed by atoms with Crippen LogP contribution in [0.4, 0.5) is 22.7 Å². The SMILES string of the molecule is Cc1ccc(NC(=S)Nc2ccc(Nc3c4ccccc4nc4ccccc34)cc2)cc1. The summed E-state index contributed by atoms with van der Waals surface area (Å²) in [5, 5.41) is 12.8. The zero-order chi connectivity index (χ0) is 21.9. The van der Waals surface area contributed by atoms with Crippen LogP contribution in [0.1, 0.15) is 5.56 Å². The predicted octanol–water partition coefficient (Wildman–Crippen LogP) is 7.25. The van der Waals surface area contributed by atoms with Crippen LogP contribution in [0.25, 0.3) is 21.8 Å². The topological polar surface area (TPSA) is 49.0 Å². The van der Waals surface area contributed by atoms with E-state index in [9.17, 15) is 0 Å². The first-order chi connectivity index (χ1) is 15.7. The van der Waals surface area contributed by atoms with E-state index < -0.39 is 0 Å². The number of pyridine rings is 1. The third kappa shape index (κ3) is 4.24. The molecule has 156 valence electrons. The van der Waals surface area contributed by atoms with Crippen molar-refractivity contribution in [1.29, 1.82) is 0 Å². The summed E-state index contributed by atoms with van der Waals surface area (Å²) in [6.07, 6.45) is 0. The van der Waals surface area contributed by atoms with Gasteiger partial charge in [0.15, 0.2) is 5.11 Å². The van der Waals surface area contributed by atoms with E-state index in [1.807, 2.05) is 72.8 Å². The monoisotopic (exact) mass is 434 g/mol. The second-order valence-electron chi connectivity index (χ2n) is 7.67. The number of nitrogens with one attached hydrogen (secondary N) is 3. The highest BCUT2D eigenvalue weighted by molar-refractivity contribution is 7.80. The van der Waals surface area contributed by atoms with Crippen LogP contribution in [0.5, 0.6) is 0 Å². The molecule has 32 heavy (non-hydrogen) atoms. The normalized spacial score (nSPS) is 10.8. The molecule has 3 N–H and O–H groups in total. The number of rotatable bonds is 4. The van der Waals surface area contributed by atoms with Gasteiger partial charge in [-0.1, -0.05) is 54.1 Å². The number of aromatic nitrogens is 1. The lowest BCUT2D eigenvalue weighted by Crippen LogP contribution is -2.18. The van der Waals surface area contributed by atoms with Gasteiger partial charge in [0.05, 0.1) is 16.7 Å². The van der Waals surface area contributed by atoms with Crippen LogP contribution in [0.15, 0.2) is 97.1 Å². The minimum absolute atomic E-state index is 0.556. The van der Waals surface area contributed by atoms with E-state index in [2.05, 4.69) is 47.1 Å². The molecule has 4 aromatic carbocycles. The molecule has 0 fully saturated rings. The first kappa shape index (κ1) is 20.0. The molecule has 1 aromatic heterocycles. The fourth-order valence-corrected chi connectivity index (χ4v) is 3.92. The number of fused-ring (bicyclic) bond motifs is 2. The number of hydrogen-bond donors (Lipinski definition) is 3. The largest absolute Gasteiger partial charge is 0.354 e. The van der Waals surface area contributed by atoms with E-state index in [4.69, 9.17) is 17.2 Å². The number of benzene rings is 4. The maximum atomic E-state index is 5.45. The van der Waals surface area contributed by atoms with E-state index in [-0.39, 0.29) is 0 Å². The number of anilines is 4. The second kappa shape index (κ2) is 8.65. The van der Waals surface area contributed by atoms with Gasteiger partial charge in [0.25, 0.3) is 0 Å². The summed E-state index contributed by atoms with van der Waals surface area (Å²) >= 11 is 5.45. The zero-order valence-corrected chi connectivity index (χ0v) is 18.4. The van der Waals surface area contributed by atoms with Crippen molar-refractivity contribution < 1.29 is 0 Å². The van der Waals surface area contributed by atoms with Crippen molar-refractivity contribution in [2.75, 3.05) is 16.0 Å². The van der Waals surface area contributed by atoms with Crippen LogP contribution in [0.3, 0.4) is 0 Å². The lowest BCUT2D eigenvalue weighted by Gasteiger charge is -2.14. The molecule has 0 spiro atoms. The van der Waals surface area contributed by atoms with E-state index >= 15 is 0 Å². The van der Waals surface area contributed by atoms with Crippen molar-refractivity contribution in [1.82, 2.24) is 4.98 Å². The van der Waals surface area contributed by atoms with Crippen LogP contribution < -0.4 is 16.0 Å². The Labute approximate surface area is 192 Å². The van der Waals surface area contributed by atoms with Gasteiger partial charge in [0.1, 0.15) is 0 Å². The lowest BCUT2D eigenvalue weighted by molar-refractivity contribution is 1.47. The molecule has 5 rings (SSSR count). The van der Waals surface area contributed by atoms with Gasteiger partial charge < -0.3 is 16.0 Å². The molecule has 1 heterocycles. The number of thiocarbonyl (C=S) groups is 1. The van der Waals surface area contributed by atoms with Crippen molar-refractivity contribution >= 4 is 61.9 Å². The molecule has 0 unspecified atom stereocenters. The lowest BCUT2D eigenvalue weighted by atomic mass is 10.1. The molecule has 0 aliphatic heterocycles. The molecule has 4 nitrogen and oxygen atoms in total. The average molecular weight is 435 g/mol. The Morgan fingerprint density at radius 2 is 1.09 bits per heavy atom. The smallest absolute Gasteiger partial charge is 0.175 e. The van der Waals surface area contributed by atoms with E-state index in [1.54, 1.807) is 0 Å². The zero-order valence-electron chi connectivity index (χ0n) is 17.6. The van der Waals surface area contributed by atoms with Crippen LogP contribution in [-0.2, 0) is 0 Å². The van der Waals surface area contributed by atoms with Gasteiger partial charge in [-0.05, 0) is 67.7 Å². The molecule has 0 bridgehead atoms. The molecule has 0 amide bonds. The van der Waals surface area contributed by atoms with E-state index in [1.165, 1.54) is 5.56 Å². The van der Waals surface area contributed by atoms with Gasteiger partial charge in [-0.2, -0.15) is 0 Å². The standard InChI is InChI=1S/C27H22N4S/c1-18-10-12-20(13-11-18)29-27(32)30-21-16-14-19(15-17-21)28-26-22-6-2-4-8-24(22)31-25-9-5-3-7-23(25)26/h2-17H,1H3,(H,28,31)(H2,29,30,32). The van der Waals surface area contributed by atoms with Gasteiger partial charge in [-0.15, -0.1) is 0 Å². The molecular formula is C27H22N4S. The Hall–Kier alpha value is -3.96. The number of hydrogen-bond acceptors (Lipinski definition) is 3. The minimum atomic E-state index is 0.556. The number of aryl methyl sites for hydroxylation is 1. The highest BCUT2D eigenvalue weighted by Gasteiger charge is 2.09. The second-order valence-corrected chi connectivity index (χ2v) is 8.08. The first-order valence-electron chi connectivity index (χ1n) is 10.4. The van der Waals surface area contributed by atoms with E-state index in [0.29, 0.717) is 5.11 Å². The maximum Gasteiger partial charge on any atom is 0.175 e. The van der Waals surface area contributed by atoms with Gasteiger partial charge in [0, 0.05) is 27.8 Å². The third-order valence-corrected chi connectivity index (χ3v) is 5.51. The number of para-hydroxylation sites is 2. The van der Waals surface area contributed by atoms with Crippen molar-refractivity contribution in [3.8, 4) is 0 Å². The van der Waals surface area contributed by atoms with Crippen LogP contribution in [0.2, 0.25) is 0 Å². The molecule has 5 aromatic rings. The van der Waals surface area contributed by atoms with Gasteiger partial charge in [-0.3, -0.25) is 0 Å². The van der Waals surface area contributed by atoms with Crippen LogP contribution >= 0.6 is 12.2 Å². The van der Waals surface area contributed by atoms with Crippen LogP contribution in [-0.4, -0.2) is 10.1 Å². The summed E-state index contributed by atoms with van der Waals surface area (Å²) in [5.74, 6) is 0. The molecular weight excluding hydrogens is 412 g/mol. The number of nitrogens with zero attached hydrogens (tertiary/aromatic N) is 1. The molecule has 5 heteroatoms. The van der Waals surface area contributed by atoms with Crippen LogP contribution in [0, 0.1) is 6.92 Å². The highest BCUT2D eigenvalue weighted by atomic mass is 32.1. The molecule has 0 aliphatic rings. The molecule has 0 saturated heterocycles. The summed E-state index contributed by atoms with van der Waals surface area (Å²) in [6.45, 7) is 2.06. The molecule has 0 atom stereocenters. The minimum Gasteiger partial charge on any atom is -0.354 e. The Bertz CT molecular complexity index is 1360. The average Bonchev–Trinajstić information content (AvgIpc) is 2.81. The fourth-order valence-electron chi connectivity index (χ4n) is 3.69. The summed E-state index contributed by atoms with van der Waals surface area (Å²) in [5.41, 5.74) is 7.09. The molecule has 0 radical (unpaired) electrons. The summed E-state index contributed by atoms with van der Waals surface area (Å²) in [4.78, 5) is 4.79. The first-order valence-corrected chi connectivity index (χ1v) is 10.9. The van der Waals surface area contributed by atoms with E-state index in [0.717, 1.165) is 44.6 Å². The van der Waals surface area contributed by atoms with Gasteiger partial charge in [-0.25, -0.2) is 4.98 Å². The van der Waals surface area contributed by atoms with Crippen molar-refractivity contribution in [3.63, 3.8) is 0 Å². The van der Waals surface area contributed by atoms with Gasteiger partial charge >= 0.3 is 0 Å². The third-order valence-electron chi connectivity index (χ3n) is 5.31. The Balaban J connectivity index is 1.36. The van der Waals surface area contributed by atoms with Crippen molar-refractivity contribution in [2.45, 2.75) is 6.92 Å². The quantitative estimate of drug-likeness (QED) is 0.205. The predicted molar refractivity (Wildman–Crippen MR) is 140 cm³/mol. The maximum absolute atomic E-state index is 5.45. The Kier molecular flexibility index (Phi) is 5.40. The highest BCUT2D eigenvalue weighted by Crippen LogP contribution is 2.33. The van der Waals surface area contributed by atoms with Crippen molar-refractivity contribution in [3.05, 3.63) is 103 Å². The Morgan fingerprint density at radius 3 is 1.66 bits per heavy atom. The Morgan fingerprint density at radius 1 is 0.625 bits per heavy atom. The fraction of sp³-hybridized carbons (Fsp3) is 0.0370. The summed E-state index contributed by atoms with van der Waals surface area (Å²) in [6, 6.07) is 32.6. The van der Waals surface area contributed by atoms with Crippen molar-refractivity contribution in [2.24, 2.45) is 0 Å². The molecule has 0 aliphatic carbocycles. The summed E-state index contributed by atoms with van der Waals surface area (Å²) < 4.78 is 0. The summed E-state index contributed by atoms with van der Waals surface area (Å²) in [7, 11) is 0.